The predicted molar refractivity (Wildman–Crippen MR) is 110 cm³/mol. The molecule has 2 rings (SSSR count). The van der Waals surface area contributed by atoms with E-state index in [2.05, 4.69) is 5.32 Å². The van der Waals surface area contributed by atoms with Crippen molar-refractivity contribution in [1.29, 1.82) is 0 Å². The zero-order valence-electron chi connectivity index (χ0n) is 15.1. The zero-order chi connectivity index (χ0) is 19.9. The van der Waals surface area contributed by atoms with Gasteiger partial charge in [-0.25, -0.2) is 0 Å². The second-order valence-electron chi connectivity index (χ2n) is 5.73. The van der Waals surface area contributed by atoms with Gasteiger partial charge >= 0.3 is 10.1 Å². The maximum absolute atomic E-state index is 12.5. The van der Waals surface area contributed by atoms with Crippen LogP contribution in [-0.4, -0.2) is 33.3 Å². The van der Waals surface area contributed by atoms with Crippen LogP contribution in [0.4, 0.5) is 0 Å². The lowest BCUT2D eigenvalue weighted by Crippen LogP contribution is -2.31. The van der Waals surface area contributed by atoms with Crippen LogP contribution in [0.5, 0.6) is 11.5 Å². The van der Waals surface area contributed by atoms with Gasteiger partial charge in [-0.3, -0.25) is 5.32 Å². The lowest BCUT2D eigenvalue weighted by Gasteiger charge is -2.12. The van der Waals surface area contributed by atoms with Gasteiger partial charge in [0.05, 0.1) is 11.6 Å². The fraction of sp³-hybridized carbons (Fsp3) is 0.333. The normalized spacial score (nSPS) is 12.6. The Morgan fingerprint density at radius 3 is 2.63 bits per heavy atom. The highest BCUT2D eigenvalue weighted by molar-refractivity contribution is 7.99. The van der Waals surface area contributed by atoms with Gasteiger partial charge in [-0.05, 0) is 56.0 Å². The number of aryl methyl sites for hydroxylation is 1. The van der Waals surface area contributed by atoms with E-state index in [0.29, 0.717) is 12.4 Å². The third-order valence-corrected chi connectivity index (χ3v) is 6.34. The lowest BCUT2D eigenvalue weighted by molar-refractivity contribution is 0.317. The minimum atomic E-state index is -4.03. The molecule has 1 unspecified atom stereocenters. The highest BCUT2D eigenvalue weighted by atomic mass is 35.5. The molecule has 9 heteroatoms. The van der Waals surface area contributed by atoms with Crippen LogP contribution < -0.4 is 20.0 Å². The molecule has 0 aliphatic carbocycles. The fourth-order valence-corrected chi connectivity index (χ4v) is 4.32. The van der Waals surface area contributed by atoms with Gasteiger partial charge in [0.2, 0.25) is 0 Å². The first-order chi connectivity index (χ1) is 12.8. The molecular formula is C18H23ClN2O4S2. The molecule has 1 atom stereocenters. The number of rotatable bonds is 10. The van der Waals surface area contributed by atoms with Crippen LogP contribution in [0, 0.1) is 6.92 Å². The van der Waals surface area contributed by atoms with Gasteiger partial charge in [-0.15, -0.1) is 11.8 Å². The number of thioether (sulfide) groups is 1. The predicted octanol–water partition coefficient (Wildman–Crippen LogP) is 3.38. The molecule has 0 radical (unpaired) electrons. The molecule has 0 fully saturated rings. The van der Waals surface area contributed by atoms with Crippen LogP contribution in [0.1, 0.15) is 12.0 Å². The highest BCUT2D eigenvalue weighted by Crippen LogP contribution is 2.28. The summed E-state index contributed by atoms with van der Waals surface area (Å²) in [6, 6.07) is 11.1. The molecule has 0 aliphatic heterocycles. The Balaban J connectivity index is 2.01. The number of hydrogen-bond acceptors (Lipinski definition) is 7. The molecule has 0 aliphatic rings. The number of nitrogens with one attached hydrogen (secondary N) is 1. The number of benzene rings is 2. The number of hydrogen-bond donors (Lipinski definition) is 2. The van der Waals surface area contributed by atoms with Gasteiger partial charge in [0.1, 0.15) is 21.9 Å². The van der Waals surface area contributed by atoms with Gasteiger partial charge in [-0.1, -0.05) is 23.7 Å². The van der Waals surface area contributed by atoms with Crippen molar-refractivity contribution in [1.82, 2.24) is 5.32 Å². The fourth-order valence-electron chi connectivity index (χ4n) is 2.21. The Bertz CT molecular complexity index is 862. The van der Waals surface area contributed by atoms with Gasteiger partial charge in [0, 0.05) is 6.07 Å². The summed E-state index contributed by atoms with van der Waals surface area (Å²) in [5.41, 5.74) is 6.48. The highest BCUT2D eigenvalue weighted by Gasteiger charge is 2.20. The van der Waals surface area contributed by atoms with Crippen molar-refractivity contribution < 1.29 is 17.3 Å². The monoisotopic (exact) mass is 430 g/mol. The van der Waals surface area contributed by atoms with Crippen molar-refractivity contribution in [2.24, 2.45) is 5.73 Å². The summed E-state index contributed by atoms with van der Waals surface area (Å²) in [7, 11) is -2.23. The van der Waals surface area contributed by atoms with Gasteiger partial charge in [-0.2, -0.15) is 8.42 Å². The van der Waals surface area contributed by atoms with Crippen molar-refractivity contribution in [2.75, 3.05) is 19.4 Å². The molecule has 2 aromatic rings. The van der Waals surface area contributed by atoms with E-state index in [9.17, 15) is 8.42 Å². The Hall–Kier alpha value is -1.45. The zero-order valence-corrected chi connectivity index (χ0v) is 17.5. The summed E-state index contributed by atoms with van der Waals surface area (Å²) in [6.45, 7) is 2.33. The Labute approximate surface area is 169 Å². The standard InChI is InChI=1S/C18H23ClN2O4S2/c1-13-10-14(24-8-5-9-26-18(20)21-2)12-15(11-13)25-27(22,23)17-7-4-3-6-16(17)19/h3-4,6-7,10-12,18,21H,5,8-9,20H2,1-2H3. The van der Waals surface area contributed by atoms with Crippen LogP contribution >= 0.6 is 23.4 Å². The maximum atomic E-state index is 12.5. The molecule has 0 amide bonds. The van der Waals surface area contributed by atoms with Crippen LogP contribution in [0.2, 0.25) is 5.02 Å². The Morgan fingerprint density at radius 2 is 1.93 bits per heavy atom. The minimum absolute atomic E-state index is 0.0754. The van der Waals surface area contributed by atoms with E-state index < -0.39 is 10.1 Å². The van der Waals surface area contributed by atoms with Crippen LogP contribution in [-0.2, 0) is 10.1 Å². The first-order valence-corrected chi connectivity index (χ1v) is 11.1. The molecule has 0 bridgehead atoms. The van der Waals surface area contributed by atoms with Gasteiger partial charge < -0.3 is 14.7 Å². The second-order valence-corrected chi connectivity index (χ2v) is 8.90. The third kappa shape index (κ3) is 6.90. The number of ether oxygens (including phenoxy) is 1. The lowest BCUT2D eigenvalue weighted by atomic mass is 10.2. The second kappa shape index (κ2) is 10.2. The SMILES string of the molecule is CNC(N)SCCCOc1cc(C)cc(OS(=O)(=O)c2ccccc2Cl)c1. The summed E-state index contributed by atoms with van der Waals surface area (Å²) < 4.78 is 35.9. The van der Waals surface area contributed by atoms with Crippen molar-refractivity contribution >= 4 is 33.5 Å². The van der Waals surface area contributed by atoms with Gasteiger partial charge in [0.25, 0.3) is 0 Å². The quantitative estimate of drug-likeness (QED) is 0.339. The smallest absolute Gasteiger partial charge is 0.340 e. The molecule has 0 spiro atoms. The Morgan fingerprint density at radius 1 is 1.22 bits per heavy atom. The van der Waals surface area contributed by atoms with E-state index in [0.717, 1.165) is 17.7 Å². The first kappa shape index (κ1) is 21.8. The van der Waals surface area contributed by atoms with Crippen LogP contribution in [0.3, 0.4) is 0 Å². The molecule has 6 nitrogen and oxygen atoms in total. The molecule has 0 saturated carbocycles. The third-order valence-electron chi connectivity index (χ3n) is 3.48. The topological polar surface area (TPSA) is 90.7 Å². The summed E-state index contributed by atoms with van der Waals surface area (Å²) in [6.07, 6.45) is 0.808. The Kier molecular flexibility index (Phi) is 8.25. The van der Waals surface area contributed by atoms with Crippen LogP contribution in [0.15, 0.2) is 47.4 Å². The van der Waals surface area contributed by atoms with Crippen LogP contribution in [0.25, 0.3) is 0 Å². The molecule has 0 heterocycles. The maximum Gasteiger partial charge on any atom is 0.340 e. The van der Waals surface area contributed by atoms with Crippen molar-refractivity contribution in [3.63, 3.8) is 0 Å². The summed E-state index contributed by atoms with van der Waals surface area (Å²) in [5, 5.41) is 3.05. The summed E-state index contributed by atoms with van der Waals surface area (Å²) in [5.74, 6) is 1.57. The van der Waals surface area contributed by atoms with E-state index in [1.807, 2.05) is 13.0 Å². The largest absolute Gasteiger partial charge is 0.493 e. The average molecular weight is 431 g/mol. The first-order valence-electron chi connectivity index (χ1n) is 8.30. The molecule has 0 saturated heterocycles. The molecule has 0 aromatic heterocycles. The average Bonchev–Trinajstić information content (AvgIpc) is 2.60. The number of nitrogens with two attached hydrogens (primary N) is 1. The van der Waals surface area contributed by atoms with Crippen molar-refractivity contribution in [3.8, 4) is 11.5 Å². The van der Waals surface area contributed by atoms with Crippen molar-refractivity contribution in [3.05, 3.63) is 53.1 Å². The molecule has 148 valence electrons. The number of halogens is 1. The molecular weight excluding hydrogens is 408 g/mol. The minimum Gasteiger partial charge on any atom is -0.493 e. The van der Waals surface area contributed by atoms with E-state index >= 15 is 0 Å². The van der Waals surface area contributed by atoms with E-state index in [4.69, 9.17) is 26.3 Å². The van der Waals surface area contributed by atoms with Gasteiger partial charge in [0.15, 0.2) is 0 Å². The van der Waals surface area contributed by atoms with E-state index in [-0.39, 0.29) is 21.2 Å². The van der Waals surface area contributed by atoms with Crippen molar-refractivity contribution in [2.45, 2.75) is 23.7 Å². The molecule has 3 N–H and O–H groups in total. The molecule has 27 heavy (non-hydrogen) atoms. The summed E-state index contributed by atoms with van der Waals surface area (Å²) >= 11 is 7.56. The van der Waals surface area contributed by atoms with E-state index in [1.165, 1.54) is 12.1 Å². The van der Waals surface area contributed by atoms with E-state index in [1.54, 1.807) is 43.1 Å². The molecule has 2 aromatic carbocycles. The summed E-state index contributed by atoms with van der Waals surface area (Å²) in [4.78, 5) is -0.0754.